The molecule has 1 atom stereocenters. The Bertz CT molecular complexity index is 1110. The van der Waals surface area contributed by atoms with Crippen LogP contribution in [0.25, 0.3) is 0 Å². The van der Waals surface area contributed by atoms with E-state index in [2.05, 4.69) is 27.9 Å². The molecule has 1 aliphatic rings. The number of hydrogen-bond donors (Lipinski definition) is 2. The first-order valence-electron chi connectivity index (χ1n) is 11.8. The Morgan fingerprint density at radius 1 is 1.12 bits per heavy atom. The van der Waals surface area contributed by atoms with Crippen molar-refractivity contribution in [2.24, 2.45) is 0 Å². The molecule has 2 aromatic rings. The molecule has 1 saturated heterocycles. The first-order valence-corrected chi connectivity index (χ1v) is 13.3. The molecule has 186 valence electrons. The number of hydrogen-bond acceptors (Lipinski definition) is 5. The van der Waals surface area contributed by atoms with Gasteiger partial charge in [-0.3, -0.25) is 9.69 Å². The SMILES string of the molecule is COc1ccc(C(=O)NCc2ccccc2CN2CCCCC2C)cc1S(=O)(=O)NC(C)(C)C. The smallest absolute Gasteiger partial charge is 0.251 e. The maximum atomic E-state index is 13.0. The molecule has 2 aromatic carbocycles. The summed E-state index contributed by atoms with van der Waals surface area (Å²) in [6, 6.07) is 13.1. The van der Waals surface area contributed by atoms with Crippen LogP contribution in [-0.4, -0.2) is 44.5 Å². The van der Waals surface area contributed by atoms with Crippen LogP contribution < -0.4 is 14.8 Å². The van der Waals surface area contributed by atoms with Crippen LogP contribution in [0.5, 0.6) is 5.75 Å². The average molecular weight is 488 g/mol. The molecule has 0 aromatic heterocycles. The van der Waals surface area contributed by atoms with E-state index in [1.54, 1.807) is 26.8 Å². The minimum Gasteiger partial charge on any atom is -0.495 e. The summed E-state index contributed by atoms with van der Waals surface area (Å²) in [5.41, 5.74) is 1.85. The van der Waals surface area contributed by atoms with Crippen LogP contribution >= 0.6 is 0 Å². The van der Waals surface area contributed by atoms with Crippen LogP contribution in [0.15, 0.2) is 47.4 Å². The van der Waals surface area contributed by atoms with E-state index in [1.165, 1.54) is 44.1 Å². The summed E-state index contributed by atoms with van der Waals surface area (Å²) in [7, 11) is -2.46. The van der Waals surface area contributed by atoms with E-state index >= 15 is 0 Å². The topological polar surface area (TPSA) is 87.7 Å². The lowest BCUT2D eigenvalue weighted by molar-refractivity contribution is 0.0950. The van der Waals surface area contributed by atoms with Gasteiger partial charge in [0, 0.05) is 30.2 Å². The number of ether oxygens (including phenoxy) is 1. The Balaban J connectivity index is 1.76. The van der Waals surface area contributed by atoms with Crippen molar-refractivity contribution in [3.63, 3.8) is 0 Å². The number of carbonyl (C=O) groups excluding carboxylic acids is 1. The molecule has 1 fully saturated rings. The molecule has 0 spiro atoms. The van der Waals surface area contributed by atoms with Gasteiger partial charge in [-0.25, -0.2) is 13.1 Å². The van der Waals surface area contributed by atoms with Gasteiger partial charge < -0.3 is 10.1 Å². The fourth-order valence-corrected chi connectivity index (χ4v) is 5.87. The summed E-state index contributed by atoms with van der Waals surface area (Å²) in [6.45, 7) is 9.87. The van der Waals surface area contributed by atoms with E-state index in [0.29, 0.717) is 12.6 Å². The van der Waals surface area contributed by atoms with Gasteiger partial charge in [-0.1, -0.05) is 30.7 Å². The first-order chi connectivity index (χ1) is 16.0. The number of methoxy groups -OCH3 is 1. The van der Waals surface area contributed by atoms with Crippen molar-refractivity contribution in [1.29, 1.82) is 0 Å². The normalized spacial score (nSPS) is 17.4. The van der Waals surface area contributed by atoms with Crippen LogP contribution in [0.1, 0.15) is 68.4 Å². The van der Waals surface area contributed by atoms with Crippen molar-refractivity contribution in [1.82, 2.24) is 14.9 Å². The highest BCUT2D eigenvalue weighted by Gasteiger charge is 2.26. The summed E-state index contributed by atoms with van der Waals surface area (Å²) in [4.78, 5) is 15.4. The third-order valence-electron chi connectivity index (χ3n) is 6.03. The monoisotopic (exact) mass is 487 g/mol. The van der Waals surface area contributed by atoms with E-state index in [9.17, 15) is 13.2 Å². The van der Waals surface area contributed by atoms with Crippen molar-refractivity contribution in [3.8, 4) is 5.75 Å². The second kappa shape index (κ2) is 10.9. The molecule has 1 aliphatic heterocycles. The maximum absolute atomic E-state index is 13.0. The molecular formula is C26H37N3O4S. The van der Waals surface area contributed by atoms with E-state index < -0.39 is 15.6 Å². The third kappa shape index (κ3) is 6.81. The van der Waals surface area contributed by atoms with Gasteiger partial charge in [0.1, 0.15) is 10.6 Å². The number of carbonyl (C=O) groups is 1. The van der Waals surface area contributed by atoms with Crippen molar-refractivity contribution < 1.29 is 17.9 Å². The van der Waals surface area contributed by atoms with Crippen molar-refractivity contribution in [3.05, 3.63) is 59.2 Å². The molecule has 0 aliphatic carbocycles. The summed E-state index contributed by atoms with van der Waals surface area (Å²) in [6.07, 6.45) is 3.71. The molecule has 7 nitrogen and oxygen atoms in total. The highest BCUT2D eigenvalue weighted by atomic mass is 32.2. The number of piperidine rings is 1. The van der Waals surface area contributed by atoms with Crippen LogP contribution in [0.3, 0.4) is 0 Å². The molecule has 1 heterocycles. The fourth-order valence-electron chi connectivity index (χ4n) is 4.26. The van der Waals surface area contributed by atoms with Gasteiger partial charge in [0.25, 0.3) is 5.91 Å². The van der Waals surface area contributed by atoms with Crippen LogP contribution in [-0.2, 0) is 23.1 Å². The minimum atomic E-state index is -3.87. The third-order valence-corrected chi connectivity index (χ3v) is 7.81. The predicted octanol–water partition coefficient (Wildman–Crippen LogP) is 4.08. The molecular weight excluding hydrogens is 450 g/mol. The second-order valence-corrected chi connectivity index (χ2v) is 11.6. The molecule has 1 unspecified atom stereocenters. The maximum Gasteiger partial charge on any atom is 0.251 e. The van der Waals surface area contributed by atoms with E-state index in [-0.39, 0.29) is 22.1 Å². The number of rotatable bonds is 8. The van der Waals surface area contributed by atoms with Crippen molar-refractivity contribution in [2.45, 2.75) is 76.5 Å². The zero-order chi connectivity index (χ0) is 24.9. The molecule has 0 bridgehead atoms. The van der Waals surface area contributed by atoms with Crippen molar-refractivity contribution in [2.75, 3.05) is 13.7 Å². The van der Waals surface area contributed by atoms with Gasteiger partial charge >= 0.3 is 0 Å². The molecule has 34 heavy (non-hydrogen) atoms. The van der Waals surface area contributed by atoms with Gasteiger partial charge in [-0.15, -0.1) is 0 Å². The zero-order valence-electron chi connectivity index (χ0n) is 20.8. The minimum absolute atomic E-state index is 0.0583. The van der Waals surface area contributed by atoms with Gasteiger partial charge in [0.2, 0.25) is 10.0 Å². The molecule has 3 rings (SSSR count). The zero-order valence-corrected chi connectivity index (χ0v) is 21.7. The van der Waals surface area contributed by atoms with E-state index in [1.807, 2.05) is 18.2 Å². The van der Waals surface area contributed by atoms with Gasteiger partial charge in [-0.2, -0.15) is 0 Å². The van der Waals surface area contributed by atoms with Crippen LogP contribution in [0.2, 0.25) is 0 Å². The quantitative estimate of drug-likeness (QED) is 0.586. The van der Waals surface area contributed by atoms with Crippen LogP contribution in [0.4, 0.5) is 0 Å². The van der Waals surface area contributed by atoms with Crippen molar-refractivity contribution >= 4 is 15.9 Å². The fraction of sp³-hybridized carbons (Fsp3) is 0.500. The molecule has 1 amide bonds. The largest absolute Gasteiger partial charge is 0.495 e. The number of sulfonamides is 1. The lowest BCUT2D eigenvalue weighted by Gasteiger charge is -2.33. The summed E-state index contributed by atoms with van der Waals surface area (Å²) in [5.74, 6) is -0.148. The number of likely N-dealkylation sites (tertiary alicyclic amines) is 1. The summed E-state index contributed by atoms with van der Waals surface area (Å²) in [5, 5.41) is 2.95. The highest BCUT2D eigenvalue weighted by molar-refractivity contribution is 7.89. The average Bonchev–Trinajstić information content (AvgIpc) is 2.77. The second-order valence-electron chi connectivity index (χ2n) is 9.99. The number of benzene rings is 2. The Hall–Kier alpha value is -2.42. The number of nitrogens with one attached hydrogen (secondary N) is 2. The van der Waals surface area contributed by atoms with Crippen LogP contribution in [0, 0.1) is 0 Å². The highest BCUT2D eigenvalue weighted by Crippen LogP contribution is 2.26. The predicted molar refractivity (Wildman–Crippen MR) is 134 cm³/mol. The summed E-state index contributed by atoms with van der Waals surface area (Å²) < 4.78 is 33.7. The standard InChI is InChI=1S/C26H37N3O4S/c1-19-10-8-9-15-29(19)18-22-12-7-6-11-21(22)17-27-25(30)20-13-14-23(33-5)24(16-20)34(31,32)28-26(2,3)4/h6-7,11-14,16,19,28H,8-10,15,17-18H2,1-5H3,(H,27,30). The van der Waals surface area contributed by atoms with Gasteiger partial charge in [0.15, 0.2) is 0 Å². The lowest BCUT2D eigenvalue weighted by atomic mass is 10.0. The Morgan fingerprint density at radius 2 is 1.82 bits per heavy atom. The van der Waals surface area contributed by atoms with E-state index in [0.717, 1.165) is 18.7 Å². The number of amides is 1. The van der Waals surface area contributed by atoms with Gasteiger partial charge in [-0.05, 0) is 76.4 Å². The summed E-state index contributed by atoms with van der Waals surface area (Å²) >= 11 is 0. The van der Waals surface area contributed by atoms with E-state index in [4.69, 9.17) is 4.74 Å². The Labute approximate surface area is 203 Å². The molecule has 0 saturated carbocycles. The Morgan fingerprint density at radius 3 is 2.47 bits per heavy atom. The Kier molecular flexibility index (Phi) is 8.38. The lowest BCUT2D eigenvalue weighted by Crippen LogP contribution is -2.40. The molecule has 2 N–H and O–H groups in total. The van der Waals surface area contributed by atoms with Gasteiger partial charge in [0.05, 0.1) is 7.11 Å². The molecule has 0 radical (unpaired) electrons. The number of nitrogens with zero attached hydrogens (tertiary/aromatic N) is 1. The first kappa shape index (κ1) is 26.2. The molecule has 8 heteroatoms.